The first-order valence-electron chi connectivity index (χ1n) is 7.04. The molecule has 2 heterocycles. The number of anilines is 1. The van der Waals surface area contributed by atoms with E-state index in [2.05, 4.69) is 25.7 Å². The second-order valence-corrected chi connectivity index (χ2v) is 4.88. The van der Waals surface area contributed by atoms with E-state index in [1.807, 2.05) is 12.1 Å². The molecule has 0 unspecified atom stereocenters. The van der Waals surface area contributed by atoms with Gasteiger partial charge in [0.25, 0.3) is 0 Å². The van der Waals surface area contributed by atoms with Gasteiger partial charge in [-0.05, 0) is 17.7 Å². The Kier molecular flexibility index (Phi) is 4.45. The Morgan fingerprint density at radius 3 is 3.00 bits per heavy atom. The summed E-state index contributed by atoms with van der Waals surface area (Å²) in [6.07, 6.45) is 0.770. The van der Waals surface area contributed by atoms with Crippen LogP contribution in [0.3, 0.4) is 0 Å². The third-order valence-corrected chi connectivity index (χ3v) is 3.19. The first-order chi connectivity index (χ1) is 11.6. The zero-order valence-corrected chi connectivity index (χ0v) is 12.8. The summed E-state index contributed by atoms with van der Waals surface area (Å²) in [5.74, 6) is 1.31. The highest BCUT2D eigenvalue weighted by atomic mass is 16.7. The highest BCUT2D eigenvalue weighted by Gasteiger charge is 2.13. The van der Waals surface area contributed by atoms with E-state index in [0.717, 1.165) is 5.56 Å². The SMILES string of the molecule is COC(=O)Nc1cn(CC(=O)NCc2ccc3c(c2)OCO3)nn1. The molecule has 0 spiro atoms. The van der Waals surface area contributed by atoms with Crippen LogP contribution < -0.4 is 20.1 Å². The Hall–Kier alpha value is -3.30. The molecule has 0 atom stereocenters. The maximum atomic E-state index is 11.9. The number of aromatic nitrogens is 3. The predicted octanol–water partition coefficient (Wildman–Crippen LogP) is 0.501. The molecule has 0 bridgehead atoms. The molecule has 10 heteroatoms. The lowest BCUT2D eigenvalue weighted by Gasteiger charge is -2.06. The van der Waals surface area contributed by atoms with Crippen molar-refractivity contribution in [1.82, 2.24) is 20.3 Å². The van der Waals surface area contributed by atoms with Gasteiger partial charge in [-0.2, -0.15) is 0 Å². The molecular weight excluding hydrogens is 318 g/mol. The van der Waals surface area contributed by atoms with Crippen LogP contribution in [0.2, 0.25) is 0 Å². The standard InChI is InChI=1S/C14H15N5O5/c1-22-14(21)16-12-6-19(18-17-12)7-13(20)15-5-9-2-3-10-11(4-9)24-8-23-10/h2-4,6H,5,7-8H2,1H3,(H,15,20)(H,16,21). The fraction of sp³-hybridized carbons (Fsp3) is 0.286. The summed E-state index contributed by atoms with van der Waals surface area (Å²) >= 11 is 0. The molecule has 24 heavy (non-hydrogen) atoms. The second kappa shape index (κ2) is 6.86. The lowest BCUT2D eigenvalue weighted by Crippen LogP contribution is -2.27. The van der Waals surface area contributed by atoms with Crippen molar-refractivity contribution >= 4 is 17.8 Å². The van der Waals surface area contributed by atoms with Crippen molar-refractivity contribution in [2.24, 2.45) is 0 Å². The summed E-state index contributed by atoms with van der Waals surface area (Å²) < 4.78 is 16.3. The molecule has 0 aliphatic carbocycles. The van der Waals surface area contributed by atoms with Crippen LogP contribution in [0.1, 0.15) is 5.56 Å². The molecule has 1 aliphatic heterocycles. The van der Waals surface area contributed by atoms with Gasteiger partial charge < -0.3 is 19.5 Å². The van der Waals surface area contributed by atoms with Crippen LogP contribution >= 0.6 is 0 Å². The number of benzene rings is 1. The van der Waals surface area contributed by atoms with Crippen molar-refractivity contribution in [3.63, 3.8) is 0 Å². The number of methoxy groups -OCH3 is 1. The molecular formula is C14H15N5O5. The monoisotopic (exact) mass is 333 g/mol. The Morgan fingerprint density at radius 1 is 1.33 bits per heavy atom. The van der Waals surface area contributed by atoms with Crippen LogP contribution in [0.5, 0.6) is 11.5 Å². The van der Waals surface area contributed by atoms with E-state index < -0.39 is 6.09 Å². The number of nitrogens with zero attached hydrogens (tertiary/aromatic N) is 3. The number of carbonyl (C=O) groups is 2. The fourth-order valence-corrected chi connectivity index (χ4v) is 2.04. The first-order valence-corrected chi connectivity index (χ1v) is 7.04. The van der Waals surface area contributed by atoms with Crippen molar-refractivity contribution in [2.75, 3.05) is 19.2 Å². The molecule has 2 N–H and O–H groups in total. The summed E-state index contributed by atoms with van der Waals surface area (Å²) in [6.45, 7) is 0.525. The van der Waals surface area contributed by atoms with Gasteiger partial charge in [0.15, 0.2) is 17.3 Å². The Morgan fingerprint density at radius 2 is 2.17 bits per heavy atom. The smallest absolute Gasteiger partial charge is 0.412 e. The van der Waals surface area contributed by atoms with E-state index in [4.69, 9.17) is 9.47 Å². The molecule has 2 amide bonds. The molecule has 1 aromatic carbocycles. The topological polar surface area (TPSA) is 117 Å². The summed E-state index contributed by atoms with van der Waals surface area (Å²) in [5, 5.41) is 12.6. The molecule has 10 nitrogen and oxygen atoms in total. The van der Waals surface area contributed by atoms with E-state index >= 15 is 0 Å². The average Bonchev–Trinajstić information content (AvgIpc) is 3.21. The Labute approximate surface area is 136 Å². The van der Waals surface area contributed by atoms with Crippen molar-refractivity contribution < 1.29 is 23.8 Å². The molecule has 3 rings (SSSR count). The van der Waals surface area contributed by atoms with Crippen LogP contribution in [0, 0.1) is 0 Å². The number of hydrogen-bond acceptors (Lipinski definition) is 7. The van der Waals surface area contributed by atoms with E-state index in [0.29, 0.717) is 18.0 Å². The van der Waals surface area contributed by atoms with Gasteiger partial charge in [0.05, 0.1) is 13.3 Å². The number of hydrogen-bond donors (Lipinski definition) is 2. The van der Waals surface area contributed by atoms with Crippen LogP contribution in [-0.2, 0) is 22.6 Å². The lowest BCUT2D eigenvalue weighted by atomic mass is 10.2. The van der Waals surface area contributed by atoms with Gasteiger partial charge in [0.2, 0.25) is 12.7 Å². The molecule has 0 radical (unpaired) electrons. The van der Waals surface area contributed by atoms with Gasteiger partial charge in [0, 0.05) is 6.54 Å². The summed E-state index contributed by atoms with van der Waals surface area (Å²) in [7, 11) is 1.24. The largest absolute Gasteiger partial charge is 0.454 e. The molecule has 0 saturated carbocycles. The fourth-order valence-electron chi connectivity index (χ4n) is 2.04. The average molecular weight is 333 g/mol. The number of nitrogens with one attached hydrogen (secondary N) is 2. The summed E-state index contributed by atoms with van der Waals surface area (Å²) in [5.41, 5.74) is 0.888. The van der Waals surface area contributed by atoms with Gasteiger partial charge in [-0.25, -0.2) is 9.48 Å². The third kappa shape index (κ3) is 3.72. The molecule has 0 saturated heterocycles. The van der Waals surface area contributed by atoms with Gasteiger partial charge in [-0.1, -0.05) is 11.3 Å². The summed E-state index contributed by atoms with van der Waals surface area (Å²) in [4.78, 5) is 23.0. The Balaban J connectivity index is 1.50. The van der Waals surface area contributed by atoms with Crippen LogP contribution in [0.25, 0.3) is 0 Å². The summed E-state index contributed by atoms with van der Waals surface area (Å²) in [6, 6.07) is 5.46. The van der Waals surface area contributed by atoms with Crippen molar-refractivity contribution in [2.45, 2.75) is 13.1 Å². The van der Waals surface area contributed by atoms with E-state index in [-0.39, 0.29) is 25.1 Å². The van der Waals surface area contributed by atoms with Crippen LogP contribution in [0.4, 0.5) is 10.6 Å². The third-order valence-electron chi connectivity index (χ3n) is 3.19. The molecule has 126 valence electrons. The molecule has 1 aliphatic rings. The number of carbonyl (C=O) groups excluding carboxylic acids is 2. The maximum absolute atomic E-state index is 11.9. The van der Waals surface area contributed by atoms with Gasteiger partial charge in [-0.15, -0.1) is 5.10 Å². The van der Waals surface area contributed by atoms with Gasteiger partial charge in [-0.3, -0.25) is 10.1 Å². The number of fused-ring (bicyclic) bond motifs is 1. The van der Waals surface area contributed by atoms with Crippen LogP contribution in [-0.4, -0.2) is 40.9 Å². The number of amides is 2. The first kappa shape index (κ1) is 15.6. The van der Waals surface area contributed by atoms with Crippen molar-refractivity contribution in [1.29, 1.82) is 0 Å². The van der Waals surface area contributed by atoms with E-state index in [1.54, 1.807) is 6.07 Å². The minimum absolute atomic E-state index is 0.0274. The van der Waals surface area contributed by atoms with Crippen LogP contribution in [0.15, 0.2) is 24.4 Å². The predicted molar refractivity (Wildman–Crippen MR) is 80.5 cm³/mol. The highest BCUT2D eigenvalue weighted by molar-refractivity contribution is 5.82. The zero-order valence-electron chi connectivity index (χ0n) is 12.8. The maximum Gasteiger partial charge on any atom is 0.412 e. The van der Waals surface area contributed by atoms with E-state index in [9.17, 15) is 9.59 Å². The van der Waals surface area contributed by atoms with Gasteiger partial charge in [0.1, 0.15) is 6.54 Å². The molecule has 1 aromatic heterocycles. The molecule has 0 fully saturated rings. The minimum atomic E-state index is -0.658. The molecule has 2 aromatic rings. The number of ether oxygens (including phenoxy) is 3. The highest BCUT2D eigenvalue weighted by Crippen LogP contribution is 2.32. The minimum Gasteiger partial charge on any atom is -0.454 e. The van der Waals surface area contributed by atoms with Crippen molar-refractivity contribution in [3.8, 4) is 11.5 Å². The lowest BCUT2D eigenvalue weighted by molar-refractivity contribution is -0.122. The second-order valence-electron chi connectivity index (χ2n) is 4.88. The normalized spacial score (nSPS) is 11.9. The Bertz CT molecular complexity index is 760. The zero-order chi connectivity index (χ0) is 16.9. The van der Waals surface area contributed by atoms with E-state index in [1.165, 1.54) is 18.0 Å². The quantitative estimate of drug-likeness (QED) is 0.818. The number of rotatable bonds is 5. The van der Waals surface area contributed by atoms with Gasteiger partial charge >= 0.3 is 6.09 Å². The van der Waals surface area contributed by atoms with Crippen molar-refractivity contribution in [3.05, 3.63) is 30.0 Å².